The molecule has 2 unspecified atom stereocenters. The standard InChI is InChI=1S/C33H33F2N5O3/c1-6-27(42)38-17-20-16-37(5)31-30(39(20)15-19(38)4)22-14-24(35)29(28-23(34)11-9-13-26(28)41)36-32(22)40(33(31)43)25-12-8-7-10-21(25)18(2)3/h6-14,18-20,41H,1,15-17H2,2-5H3. The summed E-state index contributed by atoms with van der Waals surface area (Å²) in [4.78, 5) is 37.5. The molecular weight excluding hydrogens is 552 g/mol. The second-order valence-electron chi connectivity index (χ2n) is 11.6. The maximum atomic E-state index is 16.1. The van der Waals surface area contributed by atoms with Crippen molar-refractivity contribution in [1.29, 1.82) is 0 Å². The van der Waals surface area contributed by atoms with Crippen molar-refractivity contribution in [3.05, 3.63) is 88.7 Å². The Hall–Kier alpha value is -4.73. The van der Waals surface area contributed by atoms with Crippen LogP contribution in [0.3, 0.4) is 0 Å². The van der Waals surface area contributed by atoms with Gasteiger partial charge < -0.3 is 19.8 Å². The van der Waals surface area contributed by atoms with Crippen molar-refractivity contribution < 1.29 is 18.7 Å². The minimum atomic E-state index is -0.837. The first kappa shape index (κ1) is 28.4. The number of nitrogens with zero attached hydrogens (tertiary/aromatic N) is 5. The fraction of sp³-hybridized carbons (Fsp3) is 0.303. The van der Waals surface area contributed by atoms with Crippen LogP contribution in [0.1, 0.15) is 32.3 Å². The number of piperazine rings is 1. The molecule has 2 aromatic carbocycles. The minimum Gasteiger partial charge on any atom is -0.507 e. The molecule has 1 amide bonds. The van der Waals surface area contributed by atoms with Crippen LogP contribution in [0.25, 0.3) is 28.0 Å². The maximum absolute atomic E-state index is 16.1. The number of phenolic OH excluding ortho intramolecular Hbond substituents is 1. The minimum absolute atomic E-state index is 0.0446. The van der Waals surface area contributed by atoms with Gasteiger partial charge in [-0.2, -0.15) is 0 Å². The van der Waals surface area contributed by atoms with E-state index in [0.29, 0.717) is 42.1 Å². The summed E-state index contributed by atoms with van der Waals surface area (Å²) < 4.78 is 32.6. The van der Waals surface area contributed by atoms with E-state index in [0.717, 1.165) is 11.6 Å². The summed E-state index contributed by atoms with van der Waals surface area (Å²) in [7, 11) is 1.81. The van der Waals surface area contributed by atoms with Crippen LogP contribution in [0.15, 0.2) is 66.0 Å². The fourth-order valence-electron chi connectivity index (χ4n) is 6.51. The number of likely N-dealkylation sites (N-methyl/N-ethyl adjacent to an activating group) is 1. The number of phenols is 1. The van der Waals surface area contributed by atoms with Crippen molar-refractivity contribution in [3.8, 4) is 22.7 Å². The molecule has 0 spiro atoms. The third kappa shape index (κ3) is 4.43. The topological polar surface area (TPSA) is 81.9 Å². The van der Waals surface area contributed by atoms with Gasteiger partial charge in [0.2, 0.25) is 5.91 Å². The molecule has 1 fully saturated rings. The Morgan fingerprint density at radius 1 is 1.07 bits per heavy atom. The molecule has 0 saturated carbocycles. The van der Waals surface area contributed by atoms with Gasteiger partial charge in [0.05, 0.1) is 23.0 Å². The van der Waals surface area contributed by atoms with Crippen LogP contribution < -0.4 is 15.4 Å². The highest BCUT2D eigenvalue weighted by molar-refractivity contribution is 6.00. The van der Waals surface area contributed by atoms with Gasteiger partial charge in [0, 0.05) is 38.1 Å². The fourth-order valence-corrected chi connectivity index (χ4v) is 6.51. The van der Waals surface area contributed by atoms with Gasteiger partial charge in [-0.05, 0) is 48.7 Å². The molecule has 4 aromatic rings. The summed E-state index contributed by atoms with van der Waals surface area (Å²) in [5.41, 5.74) is 1.40. The molecule has 1 saturated heterocycles. The third-order valence-electron chi connectivity index (χ3n) is 8.53. The molecule has 10 heteroatoms. The number of amides is 1. The number of para-hydroxylation sites is 1. The molecule has 43 heavy (non-hydrogen) atoms. The number of halogens is 2. The average Bonchev–Trinajstić information content (AvgIpc) is 2.97. The summed E-state index contributed by atoms with van der Waals surface area (Å²) in [5.74, 6) is -2.26. The number of hydrogen-bond donors (Lipinski definition) is 1. The van der Waals surface area contributed by atoms with Gasteiger partial charge in [-0.15, -0.1) is 0 Å². The summed E-state index contributed by atoms with van der Waals surface area (Å²) in [6, 6.07) is 12.1. The van der Waals surface area contributed by atoms with Gasteiger partial charge in [-0.25, -0.2) is 13.8 Å². The number of benzene rings is 2. The van der Waals surface area contributed by atoms with Gasteiger partial charge in [-0.3, -0.25) is 14.2 Å². The Balaban J connectivity index is 1.71. The Kier molecular flexibility index (Phi) is 6.95. The Labute approximate surface area is 248 Å². The third-order valence-corrected chi connectivity index (χ3v) is 8.53. The maximum Gasteiger partial charge on any atom is 0.282 e. The van der Waals surface area contributed by atoms with Crippen molar-refractivity contribution in [2.45, 2.75) is 38.8 Å². The van der Waals surface area contributed by atoms with Gasteiger partial charge in [0.15, 0.2) is 11.5 Å². The predicted molar refractivity (Wildman–Crippen MR) is 164 cm³/mol. The quantitative estimate of drug-likeness (QED) is 0.332. The van der Waals surface area contributed by atoms with Crippen molar-refractivity contribution in [2.24, 2.45) is 0 Å². The van der Waals surface area contributed by atoms with E-state index in [4.69, 9.17) is 0 Å². The molecule has 2 aliphatic rings. The lowest BCUT2D eigenvalue weighted by Crippen LogP contribution is -2.64. The van der Waals surface area contributed by atoms with E-state index in [2.05, 4.69) is 16.5 Å². The molecule has 0 bridgehead atoms. The Morgan fingerprint density at radius 3 is 2.51 bits per heavy atom. The van der Waals surface area contributed by atoms with Crippen LogP contribution in [-0.4, -0.2) is 64.2 Å². The number of aromatic nitrogens is 2. The van der Waals surface area contributed by atoms with E-state index >= 15 is 8.78 Å². The summed E-state index contributed by atoms with van der Waals surface area (Å²) in [6.45, 7) is 10.9. The molecule has 6 rings (SSSR count). The van der Waals surface area contributed by atoms with Gasteiger partial charge in [0.1, 0.15) is 22.9 Å². The first-order valence-electron chi connectivity index (χ1n) is 14.3. The molecule has 2 aliphatic heterocycles. The van der Waals surface area contributed by atoms with E-state index in [1.54, 1.807) is 4.90 Å². The zero-order valence-electron chi connectivity index (χ0n) is 24.5. The number of aromatic hydroxyl groups is 1. The van der Waals surface area contributed by atoms with Crippen LogP contribution in [0.4, 0.5) is 20.2 Å². The molecule has 0 radical (unpaired) electrons. The van der Waals surface area contributed by atoms with Gasteiger partial charge >= 0.3 is 0 Å². The van der Waals surface area contributed by atoms with E-state index in [9.17, 15) is 14.7 Å². The summed E-state index contributed by atoms with van der Waals surface area (Å²) in [5, 5.41) is 10.9. The monoisotopic (exact) mass is 585 g/mol. The lowest BCUT2D eigenvalue weighted by molar-refractivity contribution is -0.128. The van der Waals surface area contributed by atoms with Crippen LogP contribution in [0, 0.1) is 11.6 Å². The van der Waals surface area contributed by atoms with Crippen LogP contribution in [0.2, 0.25) is 0 Å². The van der Waals surface area contributed by atoms with Crippen LogP contribution in [-0.2, 0) is 4.79 Å². The van der Waals surface area contributed by atoms with E-state index in [1.165, 1.54) is 28.8 Å². The number of hydrogen-bond acceptors (Lipinski definition) is 6. The molecule has 8 nitrogen and oxygen atoms in total. The first-order valence-corrected chi connectivity index (χ1v) is 14.3. The SMILES string of the molecule is C=CC(=O)N1CC2CN(C)c3c(c4cc(F)c(-c5c(O)cccc5F)nc4n(-c4ccccc4C(C)C)c3=O)N2CC1C. The molecule has 4 heterocycles. The second kappa shape index (κ2) is 10.5. The summed E-state index contributed by atoms with van der Waals surface area (Å²) in [6.07, 6.45) is 1.30. The van der Waals surface area contributed by atoms with E-state index in [1.807, 2.05) is 57.0 Å². The zero-order chi connectivity index (χ0) is 30.7. The number of pyridine rings is 2. The smallest absolute Gasteiger partial charge is 0.282 e. The number of carbonyl (C=O) groups excluding carboxylic acids is 1. The van der Waals surface area contributed by atoms with Gasteiger partial charge in [-0.1, -0.05) is 44.7 Å². The number of carbonyl (C=O) groups is 1. The highest BCUT2D eigenvalue weighted by Gasteiger charge is 2.41. The van der Waals surface area contributed by atoms with Crippen LogP contribution in [0.5, 0.6) is 5.75 Å². The van der Waals surface area contributed by atoms with Crippen molar-refractivity contribution in [2.75, 3.05) is 36.5 Å². The predicted octanol–water partition coefficient (Wildman–Crippen LogP) is 5.20. The molecule has 0 aliphatic carbocycles. The first-order chi connectivity index (χ1) is 20.5. The van der Waals surface area contributed by atoms with E-state index in [-0.39, 0.29) is 40.7 Å². The van der Waals surface area contributed by atoms with Crippen molar-refractivity contribution in [3.63, 3.8) is 0 Å². The largest absolute Gasteiger partial charge is 0.507 e. The molecule has 2 atom stereocenters. The molecular formula is C33H33F2N5O3. The van der Waals surface area contributed by atoms with Gasteiger partial charge in [0.25, 0.3) is 5.56 Å². The number of fused-ring (bicyclic) bond motifs is 5. The van der Waals surface area contributed by atoms with Crippen LogP contribution >= 0.6 is 0 Å². The van der Waals surface area contributed by atoms with Crippen molar-refractivity contribution >= 4 is 28.3 Å². The molecule has 2 aromatic heterocycles. The molecule has 1 N–H and O–H groups in total. The highest BCUT2D eigenvalue weighted by atomic mass is 19.1. The Bertz CT molecular complexity index is 1830. The van der Waals surface area contributed by atoms with E-state index < -0.39 is 23.1 Å². The highest BCUT2D eigenvalue weighted by Crippen LogP contribution is 2.43. The lowest BCUT2D eigenvalue weighted by atomic mass is 9.98. The lowest BCUT2D eigenvalue weighted by Gasteiger charge is -2.51. The number of anilines is 2. The number of rotatable bonds is 4. The Morgan fingerprint density at radius 2 is 1.81 bits per heavy atom. The average molecular weight is 586 g/mol. The summed E-state index contributed by atoms with van der Waals surface area (Å²) >= 11 is 0. The molecule has 222 valence electrons. The second-order valence-corrected chi connectivity index (χ2v) is 11.6. The zero-order valence-corrected chi connectivity index (χ0v) is 24.5. The normalized spacial score (nSPS) is 18.2. The van der Waals surface area contributed by atoms with Crippen molar-refractivity contribution in [1.82, 2.24) is 14.5 Å².